The molecular weight excluding hydrogens is 237 g/mol. The fourth-order valence-electron chi connectivity index (χ4n) is 2.98. The van der Waals surface area contributed by atoms with E-state index in [1.807, 2.05) is 11.8 Å². The topological polar surface area (TPSA) is 33.1 Å². The molecule has 3 rings (SSSR count). The lowest BCUT2D eigenvalue weighted by Gasteiger charge is -2.43. The molecule has 1 N–H and O–H groups in total. The van der Waals surface area contributed by atoms with Crippen LogP contribution in [0.25, 0.3) is 0 Å². The molecule has 0 aromatic carbocycles. The Morgan fingerprint density at radius 1 is 1.29 bits per heavy atom. The van der Waals surface area contributed by atoms with E-state index < -0.39 is 5.60 Å². The number of halogens is 1. The zero-order valence-corrected chi connectivity index (χ0v) is 10.4. The first-order valence-electron chi connectivity index (χ1n) is 6.16. The summed E-state index contributed by atoms with van der Waals surface area (Å²) in [5.41, 5.74) is -0.203. The molecule has 0 aliphatic carbocycles. The van der Waals surface area contributed by atoms with E-state index in [2.05, 4.69) is 4.98 Å². The van der Waals surface area contributed by atoms with Crippen LogP contribution in [0.2, 0.25) is 0 Å². The van der Waals surface area contributed by atoms with E-state index in [4.69, 9.17) is 0 Å². The van der Waals surface area contributed by atoms with Gasteiger partial charge in [-0.1, -0.05) is 6.42 Å². The highest BCUT2D eigenvalue weighted by Crippen LogP contribution is 2.48. The highest BCUT2D eigenvalue weighted by atomic mass is 32.2. The van der Waals surface area contributed by atoms with Gasteiger partial charge in [0.25, 0.3) is 0 Å². The molecule has 0 amide bonds. The number of rotatable bonds is 1. The predicted octanol–water partition coefficient (Wildman–Crippen LogP) is 2.86. The summed E-state index contributed by atoms with van der Waals surface area (Å²) >= 11 is 2.01. The molecule has 2 nitrogen and oxygen atoms in total. The second kappa shape index (κ2) is 4.25. The molecular formula is C13H16FNOS. The maximum atomic E-state index is 12.9. The lowest BCUT2D eigenvalue weighted by atomic mass is 9.83. The van der Waals surface area contributed by atoms with Crippen molar-refractivity contribution in [1.29, 1.82) is 0 Å². The van der Waals surface area contributed by atoms with Crippen LogP contribution in [-0.4, -0.2) is 20.6 Å². The molecule has 92 valence electrons. The average Bonchev–Trinajstić information content (AvgIpc) is 2.29. The van der Waals surface area contributed by atoms with Gasteiger partial charge >= 0.3 is 0 Å². The molecule has 0 radical (unpaired) electrons. The van der Waals surface area contributed by atoms with Gasteiger partial charge in [-0.15, -0.1) is 0 Å². The summed E-state index contributed by atoms with van der Waals surface area (Å²) < 4.78 is 12.9. The van der Waals surface area contributed by atoms with Crippen LogP contribution in [0.4, 0.5) is 4.39 Å². The van der Waals surface area contributed by atoms with Gasteiger partial charge in [0.05, 0.1) is 11.9 Å². The number of hydrogen-bond acceptors (Lipinski definition) is 3. The Morgan fingerprint density at radius 2 is 2.00 bits per heavy atom. The quantitative estimate of drug-likeness (QED) is 0.835. The first-order chi connectivity index (χ1) is 8.16. The fourth-order valence-corrected chi connectivity index (χ4v) is 4.87. The Balaban J connectivity index is 1.87. The van der Waals surface area contributed by atoms with E-state index in [1.165, 1.54) is 31.5 Å². The number of aliphatic hydroxyl groups is 1. The van der Waals surface area contributed by atoms with Crippen LogP contribution in [0.1, 0.15) is 37.8 Å². The minimum absolute atomic E-state index is 0.345. The van der Waals surface area contributed by atoms with Crippen molar-refractivity contribution in [2.24, 2.45) is 0 Å². The van der Waals surface area contributed by atoms with E-state index in [-0.39, 0.29) is 5.82 Å². The first kappa shape index (κ1) is 11.5. The van der Waals surface area contributed by atoms with Gasteiger partial charge in [0.2, 0.25) is 0 Å². The van der Waals surface area contributed by atoms with Gasteiger partial charge in [0.1, 0.15) is 11.4 Å². The highest BCUT2D eigenvalue weighted by molar-refractivity contribution is 8.00. The second-order valence-corrected chi connectivity index (χ2v) is 6.72. The van der Waals surface area contributed by atoms with Gasteiger partial charge in [-0.3, -0.25) is 4.98 Å². The Hall–Kier alpha value is -0.610. The summed E-state index contributed by atoms with van der Waals surface area (Å²) in [6.07, 6.45) is 6.36. The molecule has 2 bridgehead atoms. The number of pyridine rings is 1. The molecule has 1 aromatic rings. The number of aromatic nitrogens is 1. The summed E-state index contributed by atoms with van der Waals surface area (Å²) in [5, 5.41) is 11.8. The lowest BCUT2D eigenvalue weighted by Crippen LogP contribution is -2.41. The molecule has 2 unspecified atom stereocenters. The van der Waals surface area contributed by atoms with Crippen molar-refractivity contribution >= 4 is 11.8 Å². The molecule has 1 aromatic heterocycles. The van der Waals surface area contributed by atoms with Crippen LogP contribution in [0.3, 0.4) is 0 Å². The molecule has 0 saturated carbocycles. The Morgan fingerprint density at radius 3 is 2.59 bits per heavy atom. The molecule has 2 fully saturated rings. The van der Waals surface area contributed by atoms with Crippen molar-refractivity contribution in [2.75, 3.05) is 0 Å². The highest BCUT2D eigenvalue weighted by Gasteiger charge is 2.43. The van der Waals surface area contributed by atoms with Crippen LogP contribution in [-0.2, 0) is 5.60 Å². The summed E-state index contributed by atoms with van der Waals surface area (Å²) in [6.45, 7) is 0. The third-order valence-corrected chi connectivity index (χ3v) is 5.35. The van der Waals surface area contributed by atoms with Crippen molar-refractivity contribution in [3.05, 3.63) is 29.8 Å². The second-order valence-electron chi connectivity index (χ2n) is 5.11. The van der Waals surface area contributed by atoms with Gasteiger partial charge in [-0.05, 0) is 37.8 Å². The largest absolute Gasteiger partial charge is 0.383 e. The summed E-state index contributed by atoms with van der Waals surface area (Å²) in [6, 6.07) is 3.01. The maximum Gasteiger partial charge on any atom is 0.141 e. The molecule has 4 heteroatoms. The molecule has 3 heterocycles. The monoisotopic (exact) mass is 253 g/mol. The van der Waals surface area contributed by atoms with E-state index in [0.717, 1.165) is 12.8 Å². The summed E-state index contributed by atoms with van der Waals surface area (Å²) in [4.78, 5) is 4.07. The third kappa shape index (κ3) is 2.20. The van der Waals surface area contributed by atoms with Gasteiger partial charge in [0, 0.05) is 10.5 Å². The molecule has 2 aliphatic rings. The number of fused-ring (bicyclic) bond motifs is 2. The SMILES string of the molecule is OC1(c2ccc(F)cn2)CC2CCCC(C1)S2. The number of nitrogens with zero attached hydrogens (tertiary/aromatic N) is 1. The molecule has 2 atom stereocenters. The molecule has 2 saturated heterocycles. The van der Waals surface area contributed by atoms with E-state index in [0.29, 0.717) is 16.2 Å². The van der Waals surface area contributed by atoms with Crippen LogP contribution in [0, 0.1) is 5.82 Å². The van der Waals surface area contributed by atoms with E-state index in [9.17, 15) is 9.50 Å². The zero-order valence-electron chi connectivity index (χ0n) is 9.60. The third-order valence-electron chi connectivity index (χ3n) is 3.77. The van der Waals surface area contributed by atoms with Gasteiger partial charge < -0.3 is 5.11 Å². The smallest absolute Gasteiger partial charge is 0.141 e. The van der Waals surface area contributed by atoms with Crippen molar-refractivity contribution in [3.63, 3.8) is 0 Å². The minimum Gasteiger partial charge on any atom is -0.383 e. The van der Waals surface area contributed by atoms with Crippen LogP contribution >= 0.6 is 11.8 Å². The van der Waals surface area contributed by atoms with Crippen molar-refractivity contribution in [1.82, 2.24) is 4.98 Å². The lowest BCUT2D eigenvalue weighted by molar-refractivity contribution is 0.00396. The standard InChI is InChI=1S/C13H16FNOS/c14-9-4-5-12(15-8-9)13(16)6-10-2-1-3-11(7-13)17-10/h4-5,8,10-11,16H,1-3,6-7H2. The number of thioether (sulfide) groups is 1. The predicted molar refractivity (Wildman–Crippen MR) is 66.3 cm³/mol. The van der Waals surface area contributed by atoms with Crippen molar-refractivity contribution < 1.29 is 9.50 Å². The molecule has 2 aliphatic heterocycles. The average molecular weight is 253 g/mol. The van der Waals surface area contributed by atoms with Gasteiger partial charge in [-0.2, -0.15) is 11.8 Å². The zero-order chi connectivity index (χ0) is 11.9. The van der Waals surface area contributed by atoms with Gasteiger partial charge in [0.15, 0.2) is 0 Å². The summed E-state index contributed by atoms with van der Waals surface area (Å²) in [7, 11) is 0. The van der Waals surface area contributed by atoms with Crippen LogP contribution < -0.4 is 0 Å². The molecule has 17 heavy (non-hydrogen) atoms. The normalized spacial score (nSPS) is 36.8. The molecule has 0 spiro atoms. The maximum absolute atomic E-state index is 12.9. The Bertz CT molecular complexity index is 396. The Kier molecular flexibility index (Phi) is 2.87. The van der Waals surface area contributed by atoms with Crippen LogP contribution in [0.15, 0.2) is 18.3 Å². The minimum atomic E-state index is -0.839. The fraction of sp³-hybridized carbons (Fsp3) is 0.615. The van der Waals surface area contributed by atoms with Crippen molar-refractivity contribution in [3.8, 4) is 0 Å². The van der Waals surface area contributed by atoms with Crippen molar-refractivity contribution in [2.45, 2.75) is 48.2 Å². The Labute approximate surface area is 105 Å². The van der Waals surface area contributed by atoms with E-state index >= 15 is 0 Å². The van der Waals surface area contributed by atoms with Crippen LogP contribution in [0.5, 0.6) is 0 Å². The van der Waals surface area contributed by atoms with E-state index in [1.54, 1.807) is 6.07 Å². The first-order valence-corrected chi connectivity index (χ1v) is 7.10. The van der Waals surface area contributed by atoms with Gasteiger partial charge in [-0.25, -0.2) is 4.39 Å². The number of hydrogen-bond donors (Lipinski definition) is 1. The summed E-state index contributed by atoms with van der Waals surface area (Å²) in [5.74, 6) is -0.345.